The van der Waals surface area contributed by atoms with E-state index in [4.69, 9.17) is 0 Å². The fourth-order valence-corrected chi connectivity index (χ4v) is 4.00. The summed E-state index contributed by atoms with van der Waals surface area (Å²) in [5.41, 5.74) is 0. The van der Waals surface area contributed by atoms with Crippen molar-refractivity contribution in [3.8, 4) is 0 Å². The minimum atomic E-state index is 0.712. The Labute approximate surface area is 132 Å². The predicted molar refractivity (Wildman–Crippen MR) is 91.8 cm³/mol. The highest BCUT2D eigenvalue weighted by Gasteiger charge is 2.27. The second-order valence-electron chi connectivity index (χ2n) is 7.39. The van der Waals surface area contributed by atoms with Gasteiger partial charge in [0.05, 0.1) is 0 Å². The van der Waals surface area contributed by atoms with Gasteiger partial charge in [-0.1, -0.05) is 26.2 Å². The molecule has 124 valence electrons. The molecule has 0 aromatic rings. The van der Waals surface area contributed by atoms with Gasteiger partial charge in [-0.2, -0.15) is 0 Å². The fourth-order valence-electron chi connectivity index (χ4n) is 4.00. The summed E-state index contributed by atoms with van der Waals surface area (Å²) in [6.07, 6.45) is 8.42. The minimum absolute atomic E-state index is 0.712. The normalized spacial score (nSPS) is 29.7. The van der Waals surface area contributed by atoms with Crippen molar-refractivity contribution >= 4 is 0 Å². The van der Waals surface area contributed by atoms with Gasteiger partial charge in [0.2, 0.25) is 0 Å². The van der Waals surface area contributed by atoms with E-state index in [1.165, 1.54) is 77.8 Å². The summed E-state index contributed by atoms with van der Waals surface area (Å²) >= 11 is 0. The Morgan fingerprint density at radius 1 is 1.00 bits per heavy atom. The van der Waals surface area contributed by atoms with Gasteiger partial charge in [-0.05, 0) is 45.6 Å². The zero-order chi connectivity index (χ0) is 15.1. The van der Waals surface area contributed by atoms with Crippen molar-refractivity contribution in [2.24, 2.45) is 5.92 Å². The molecule has 1 aliphatic heterocycles. The molecule has 0 radical (unpaired) electrons. The van der Waals surface area contributed by atoms with E-state index >= 15 is 0 Å². The molecule has 0 bridgehead atoms. The van der Waals surface area contributed by atoms with Crippen molar-refractivity contribution in [2.75, 3.05) is 39.3 Å². The minimum Gasteiger partial charge on any atom is -0.314 e. The summed E-state index contributed by atoms with van der Waals surface area (Å²) in [4.78, 5) is 5.35. The summed E-state index contributed by atoms with van der Waals surface area (Å²) in [5, 5.41) is 3.84. The van der Waals surface area contributed by atoms with E-state index in [1.807, 2.05) is 0 Å². The van der Waals surface area contributed by atoms with Gasteiger partial charge in [0.15, 0.2) is 0 Å². The van der Waals surface area contributed by atoms with Crippen LogP contribution < -0.4 is 5.32 Å². The average Bonchev–Trinajstić information content (AvgIpc) is 2.71. The second kappa shape index (κ2) is 9.12. The van der Waals surface area contributed by atoms with E-state index in [0.29, 0.717) is 6.04 Å². The molecule has 0 spiro atoms. The summed E-state index contributed by atoms with van der Waals surface area (Å²) in [6.45, 7) is 14.5. The topological polar surface area (TPSA) is 18.5 Å². The monoisotopic (exact) mass is 295 g/mol. The Hall–Kier alpha value is -0.120. The maximum atomic E-state index is 3.84. The summed E-state index contributed by atoms with van der Waals surface area (Å²) < 4.78 is 0. The number of hydrogen-bond donors (Lipinski definition) is 1. The Kier molecular flexibility index (Phi) is 7.48. The van der Waals surface area contributed by atoms with E-state index in [0.717, 1.165) is 12.0 Å². The van der Waals surface area contributed by atoms with Crippen molar-refractivity contribution in [3.63, 3.8) is 0 Å². The molecule has 2 aliphatic rings. The van der Waals surface area contributed by atoms with Gasteiger partial charge in [-0.3, -0.25) is 4.90 Å². The molecule has 3 nitrogen and oxygen atoms in total. The van der Waals surface area contributed by atoms with Crippen LogP contribution in [0.4, 0.5) is 0 Å². The van der Waals surface area contributed by atoms with Crippen LogP contribution in [-0.4, -0.2) is 61.2 Å². The Bertz CT molecular complexity index is 272. The van der Waals surface area contributed by atoms with E-state index in [-0.39, 0.29) is 0 Å². The van der Waals surface area contributed by atoms with Crippen molar-refractivity contribution in [2.45, 2.75) is 71.4 Å². The zero-order valence-electron chi connectivity index (χ0n) is 14.6. The van der Waals surface area contributed by atoms with E-state index in [2.05, 4.69) is 35.9 Å². The maximum absolute atomic E-state index is 3.84. The van der Waals surface area contributed by atoms with Gasteiger partial charge in [0, 0.05) is 44.8 Å². The van der Waals surface area contributed by atoms with Crippen molar-refractivity contribution in [1.29, 1.82) is 0 Å². The third-order valence-electron chi connectivity index (χ3n) is 5.45. The third kappa shape index (κ3) is 5.54. The molecule has 2 atom stereocenters. The molecule has 1 saturated heterocycles. The van der Waals surface area contributed by atoms with Crippen LogP contribution in [0.15, 0.2) is 0 Å². The first-order chi connectivity index (χ1) is 10.2. The van der Waals surface area contributed by atoms with Gasteiger partial charge in [0.25, 0.3) is 0 Å². The number of piperazine rings is 1. The first kappa shape index (κ1) is 17.2. The van der Waals surface area contributed by atoms with Gasteiger partial charge in [-0.15, -0.1) is 0 Å². The molecular formula is C18H37N3. The number of nitrogens with one attached hydrogen (secondary N) is 1. The summed E-state index contributed by atoms with van der Waals surface area (Å²) in [5.74, 6) is 0.879. The van der Waals surface area contributed by atoms with E-state index in [9.17, 15) is 0 Å². The highest BCUT2D eigenvalue weighted by Crippen LogP contribution is 2.25. The maximum Gasteiger partial charge on any atom is 0.0113 e. The standard InChI is InChI=1S/C18H37N3/c1-4-10-19-18-9-7-5-6-8-17(18)15-20-11-13-21(14-12-20)16(2)3/h16-19H,4-15H2,1-3H3. The molecule has 21 heavy (non-hydrogen) atoms. The van der Waals surface area contributed by atoms with Crippen molar-refractivity contribution in [3.05, 3.63) is 0 Å². The van der Waals surface area contributed by atoms with Gasteiger partial charge in [-0.25, -0.2) is 0 Å². The largest absolute Gasteiger partial charge is 0.314 e. The molecule has 2 rings (SSSR count). The lowest BCUT2D eigenvalue weighted by Crippen LogP contribution is -2.51. The lowest BCUT2D eigenvalue weighted by molar-refractivity contribution is 0.0892. The van der Waals surface area contributed by atoms with Gasteiger partial charge < -0.3 is 10.2 Å². The molecule has 1 heterocycles. The lowest BCUT2D eigenvalue weighted by atomic mass is 9.93. The van der Waals surface area contributed by atoms with Crippen molar-refractivity contribution < 1.29 is 0 Å². The van der Waals surface area contributed by atoms with Crippen LogP contribution in [0.25, 0.3) is 0 Å². The second-order valence-corrected chi connectivity index (χ2v) is 7.39. The van der Waals surface area contributed by atoms with Crippen molar-refractivity contribution in [1.82, 2.24) is 15.1 Å². The number of rotatable bonds is 6. The first-order valence-corrected chi connectivity index (χ1v) is 9.40. The fraction of sp³-hybridized carbons (Fsp3) is 1.00. The molecule has 1 saturated carbocycles. The molecule has 2 fully saturated rings. The highest BCUT2D eigenvalue weighted by molar-refractivity contribution is 4.84. The zero-order valence-corrected chi connectivity index (χ0v) is 14.6. The number of hydrogen-bond acceptors (Lipinski definition) is 3. The third-order valence-corrected chi connectivity index (χ3v) is 5.45. The molecule has 0 amide bonds. The predicted octanol–water partition coefficient (Wildman–Crippen LogP) is 2.96. The Morgan fingerprint density at radius 2 is 1.71 bits per heavy atom. The van der Waals surface area contributed by atoms with Crippen LogP contribution >= 0.6 is 0 Å². The molecule has 2 unspecified atom stereocenters. The van der Waals surface area contributed by atoms with Crippen LogP contribution in [0.2, 0.25) is 0 Å². The lowest BCUT2D eigenvalue weighted by Gasteiger charge is -2.39. The molecule has 3 heteroatoms. The van der Waals surface area contributed by atoms with Gasteiger partial charge >= 0.3 is 0 Å². The van der Waals surface area contributed by atoms with Crippen LogP contribution in [0.3, 0.4) is 0 Å². The summed E-state index contributed by atoms with van der Waals surface area (Å²) in [6, 6.07) is 1.49. The first-order valence-electron chi connectivity index (χ1n) is 9.40. The van der Waals surface area contributed by atoms with Crippen LogP contribution in [-0.2, 0) is 0 Å². The molecule has 0 aromatic heterocycles. The van der Waals surface area contributed by atoms with E-state index < -0.39 is 0 Å². The smallest absolute Gasteiger partial charge is 0.0113 e. The quantitative estimate of drug-likeness (QED) is 0.760. The Balaban J connectivity index is 1.81. The van der Waals surface area contributed by atoms with Crippen LogP contribution in [0.5, 0.6) is 0 Å². The number of nitrogens with zero attached hydrogens (tertiary/aromatic N) is 2. The average molecular weight is 296 g/mol. The summed E-state index contributed by atoms with van der Waals surface area (Å²) in [7, 11) is 0. The Morgan fingerprint density at radius 3 is 2.38 bits per heavy atom. The molecule has 1 aliphatic carbocycles. The highest BCUT2D eigenvalue weighted by atomic mass is 15.3. The molecular weight excluding hydrogens is 258 g/mol. The van der Waals surface area contributed by atoms with Crippen LogP contribution in [0, 0.1) is 5.92 Å². The SMILES string of the molecule is CCCNC1CCCCCC1CN1CCN(C(C)C)CC1. The molecule has 1 N–H and O–H groups in total. The molecule has 0 aromatic carbocycles. The van der Waals surface area contributed by atoms with Crippen LogP contribution in [0.1, 0.15) is 59.3 Å². The van der Waals surface area contributed by atoms with E-state index in [1.54, 1.807) is 0 Å². The van der Waals surface area contributed by atoms with Gasteiger partial charge in [0.1, 0.15) is 0 Å².